The van der Waals surface area contributed by atoms with Crippen LogP contribution in [0.5, 0.6) is 5.75 Å². The number of phenolic OH excluding ortho intramolecular Hbond substituents is 1. The van der Waals surface area contributed by atoms with Gasteiger partial charge in [0.25, 0.3) is 5.91 Å². The number of aliphatic imine (C=N–C) groups is 1. The van der Waals surface area contributed by atoms with Gasteiger partial charge >= 0.3 is 6.03 Å². The zero-order valence-electron chi connectivity index (χ0n) is 19.3. The van der Waals surface area contributed by atoms with Gasteiger partial charge in [0.1, 0.15) is 5.75 Å². The molecule has 2 aliphatic rings. The molecule has 1 saturated heterocycles. The molecule has 0 spiro atoms. The van der Waals surface area contributed by atoms with Crippen molar-refractivity contribution in [1.29, 1.82) is 0 Å². The zero-order chi connectivity index (χ0) is 25.1. The maximum absolute atomic E-state index is 12.7. The lowest BCUT2D eigenvalue weighted by molar-refractivity contribution is -0.127. The summed E-state index contributed by atoms with van der Waals surface area (Å²) >= 11 is 3.35. The Morgan fingerprint density at radius 3 is 2.66 bits per heavy atom. The first-order valence-electron chi connectivity index (χ1n) is 11.2. The fourth-order valence-corrected chi connectivity index (χ4v) is 4.46. The molecule has 2 aliphatic heterocycles. The normalized spacial score (nSPS) is 20.6. The van der Waals surface area contributed by atoms with Crippen LogP contribution in [0.3, 0.4) is 0 Å². The Morgan fingerprint density at radius 2 is 1.94 bits per heavy atom. The topological polar surface area (TPSA) is 130 Å². The van der Waals surface area contributed by atoms with Gasteiger partial charge in [-0.05, 0) is 35.7 Å². The first-order chi connectivity index (χ1) is 16.8. The highest BCUT2D eigenvalue weighted by Crippen LogP contribution is 2.24. The number of rotatable bonds is 7. The van der Waals surface area contributed by atoms with E-state index in [1.54, 1.807) is 24.1 Å². The minimum Gasteiger partial charge on any atom is -0.507 e. The predicted octanol–water partition coefficient (Wildman–Crippen LogP) is 1.79. The summed E-state index contributed by atoms with van der Waals surface area (Å²) < 4.78 is 0.773. The molecular formula is C24H27BrN6O4. The van der Waals surface area contributed by atoms with Gasteiger partial charge in [-0.25, -0.2) is 15.2 Å². The molecule has 4 N–H and O–H groups in total. The van der Waals surface area contributed by atoms with E-state index in [-0.39, 0.29) is 18.3 Å². The molecule has 184 valence electrons. The lowest BCUT2D eigenvalue weighted by atomic mass is 10.0. The lowest BCUT2D eigenvalue weighted by Crippen LogP contribution is -2.64. The number of aromatic hydroxyl groups is 1. The number of aliphatic hydroxyl groups excluding tert-OH is 1. The van der Waals surface area contributed by atoms with E-state index < -0.39 is 30.2 Å². The number of hydrogen-bond acceptors (Lipinski definition) is 8. The van der Waals surface area contributed by atoms with Crippen molar-refractivity contribution in [3.05, 3.63) is 63.6 Å². The van der Waals surface area contributed by atoms with Gasteiger partial charge in [-0.1, -0.05) is 47.1 Å². The molecule has 0 saturated carbocycles. The van der Waals surface area contributed by atoms with Crippen molar-refractivity contribution < 1.29 is 19.8 Å². The number of aliphatic hydroxyl groups is 1. The van der Waals surface area contributed by atoms with Crippen molar-refractivity contribution in [3.8, 4) is 5.75 Å². The van der Waals surface area contributed by atoms with E-state index in [4.69, 9.17) is 0 Å². The number of carbonyl (C=O) groups excluding carboxylic acids is 2. The number of carbonyl (C=O) groups is 2. The molecule has 11 heteroatoms. The molecule has 0 aromatic heterocycles. The fraction of sp³-hybridized carbons (Fsp3) is 0.333. The van der Waals surface area contributed by atoms with E-state index in [9.17, 15) is 19.8 Å². The smallest absolute Gasteiger partial charge is 0.325 e. The van der Waals surface area contributed by atoms with Crippen LogP contribution in [-0.2, 0) is 17.6 Å². The Balaban J connectivity index is 1.53. The summed E-state index contributed by atoms with van der Waals surface area (Å²) in [7, 11) is 1.55. The molecule has 0 bridgehead atoms. The second kappa shape index (κ2) is 10.4. The van der Waals surface area contributed by atoms with Gasteiger partial charge in [-0.2, -0.15) is 5.10 Å². The minimum absolute atomic E-state index is 0.0480. The number of nitrogens with one attached hydrogen (secondary N) is 2. The molecule has 0 radical (unpaired) electrons. The fourth-order valence-electron chi connectivity index (χ4n) is 4.08. The third-order valence-corrected chi connectivity index (χ3v) is 6.52. The summed E-state index contributed by atoms with van der Waals surface area (Å²) in [5.41, 5.74) is 5.47. The number of fused-ring (bicyclic) bond motifs is 1. The molecule has 2 aromatic carbocycles. The van der Waals surface area contributed by atoms with E-state index >= 15 is 0 Å². The first kappa shape index (κ1) is 24.7. The highest BCUT2D eigenvalue weighted by molar-refractivity contribution is 9.10. The van der Waals surface area contributed by atoms with Crippen LogP contribution < -0.4 is 10.7 Å². The second-order valence-electron chi connectivity index (χ2n) is 8.47. The third kappa shape index (κ3) is 5.46. The van der Waals surface area contributed by atoms with Crippen molar-refractivity contribution in [1.82, 2.24) is 20.5 Å². The predicted molar refractivity (Wildman–Crippen MR) is 135 cm³/mol. The summed E-state index contributed by atoms with van der Waals surface area (Å²) in [5, 5.41) is 27.4. The van der Waals surface area contributed by atoms with E-state index in [1.807, 2.05) is 24.3 Å². The average Bonchev–Trinajstić information content (AvgIpc) is 3.19. The Bertz CT molecular complexity index is 1170. The van der Waals surface area contributed by atoms with Crippen molar-refractivity contribution in [2.24, 2.45) is 10.1 Å². The Morgan fingerprint density at radius 1 is 1.23 bits per heavy atom. The quantitative estimate of drug-likeness (QED) is 0.311. The van der Waals surface area contributed by atoms with Crippen LogP contribution in [0, 0.1) is 0 Å². The van der Waals surface area contributed by atoms with Crippen LogP contribution in [0.2, 0.25) is 0 Å². The van der Waals surface area contributed by atoms with Crippen molar-refractivity contribution in [2.45, 2.75) is 38.1 Å². The van der Waals surface area contributed by atoms with E-state index in [2.05, 4.69) is 43.7 Å². The number of benzene rings is 2. The lowest BCUT2D eigenvalue weighted by Gasteiger charge is -2.36. The van der Waals surface area contributed by atoms with Gasteiger partial charge in [0, 0.05) is 30.0 Å². The molecule has 0 aliphatic carbocycles. The molecule has 2 heterocycles. The van der Waals surface area contributed by atoms with Crippen molar-refractivity contribution in [3.63, 3.8) is 0 Å². The van der Waals surface area contributed by atoms with Crippen LogP contribution >= 0.6 is 15.9 Å². The number of hydrogen-bond donors (Lipinski definition) is 4. The van der Waals surface area contributed by atoms with Crippen molar-refractivity contribution in [2.75, 3.05) is 13.6 Å². The number of imide groups is 1. The number of urea groups is 1. The molecule has 3 unspecified atom stereocenters. The summed E-state index contributed by atoms with van der Waals surface area (Å²) in [5.74, 6) is -0.207. The third-order valence-electron chi connectivity index (χ3n) is 6.03. The number of nitrogens with zero attached hydrogens (tertiary/aromatic N) is 4. The summed E-state index contributed by atoms with van der Waals surface area (Å²) in [4.78, 5) is 32.3. The van der Waals surface area contributed by atoms with Gasteiger partial charge in [0.05, 0.1) is 12.3 Å². The Labute approximate surface area is 211 Å². The van der Waals surface area contributed by atoms with E-state index in [0.29, 0.717) is 12.0 Å². The highest BCUT2D eigenvalue weighted by Gasteiger charge is 2.49. The number of hydrazone groups is 1. The van der Waals surface area contributed by atoms with Gasteiger partial charge in [0.2, 0.25) is 5.96 Å². The molecule has 10 nitrogen and oxygen atoms in total. The summed E-state index contributed by atoms with van der Waals surface area (Å²) in [6.45, 7) is 2.18. The molecule has 3 atom stereocenters. The Kier molecular flexibility index (Phi) is 7.37. The standard InChI is InChI=1S/C24H27BrN6O4/c1-3-14-4-6-15(7-5-14)10-18(32)13-31-20-21(30(2)24(35)28-22(20)34)27-23(31)29-26-12-16-11-17(25)8-9-19(16)33/h4-9,11-12,18,20-21,32-33H,3,10,13H2,1-2H3,(H,27,29)(H,28,34,35)/b26-12-. The molecule has 2 aromatic rings. The number of amides is 3. The monoisotopic (exact) mass is 542 g/mol. The van der Waals surface area contributed by atoms with E-state index in [0.717, 1.165) is 16.5 Å². The number of aryl methyl sites for hydroxylation is 1. The van der Waals surface area contributed by atoms with Gasteiger partial charge < -0.3 is 20.0 Å². The number of guanidine groups is 1. The van der Waals surface area contributed by atoms with Gasteiger partial charge in [-0.3, -0.25) is 10.1 Å². The highest BCUT2D eigenvalue weighted by atomic mass is 79.9. The summed E-state index contributed by atoms with van der Waals surface area (Å²) in [6, 6.07) is 11.6. The van der Waals surface area contributed by atoms with E-state index in [1.165, 1.54) is 22.7 Å². The maximum atomic E-state index is 12.7. The van der Waals surface area contributed by atoms with Crippen LogP contribution in [0.4, 0.5) is 4.79 Å². The number of β-amino-alcohol motifs (C(OH)–C–C–N with tert-alkyl or cyclic N) is 1. The summed E-state index contributed by atoms with van der Waals surface area (Å²) in [6.07, 6.45) is 1.18. The Hall–Kier alpha value is -3.44. The second-order valence-corrected chi connectivity index (χ2v) is 9.39. The molecule has 1 fully saturated rings. The van der Waals surface area contributed by atoms with Crippen LogP contribution in [0.1, 0.15) is 23.6 Å². The molecule has 3 amide bonds. The molecule has 4 rings (SSSR count). The number of phenols is 1. The first-order valence-corrected chi connectivity index (χ1v) is 12.0. The van der Waals surface area contributed by atoms with Gasteiger partial charge in [0.15, 0.2) is 12.2 Å². The average molecular weight is 543 g/mol. The van der Waals surface area contributed by atoms with Gasteiger partial charge in [-0.15, -0.1) is 0 Å². The van der Waals surface area contributed by atoms with Crippen LogP contribution in [-0.4, -0.2) is 76.0 Å². The van der Waals surface area contributed by atoms with Crippen molar-refractivity contribution >= 4 is 40.0 Å². The zero-order valence-corrected chi connectivity index (χ0v) is 20.9. The minimum atomic E-state index is -0.813. The van der Waals surface area contributed by atoms with Crippen LogP contribution in [0.25, 0.3) is 0 Å². The number of likely N-dealkylation sites (N-methyl/N-ethyl adjacent to an activating group) is 1. The SMILES string of the molecule is CCc1ccc(CC(O)CN2C(N/N=C\c3cc(Br)ccc3O)=NC3C2C(=O)NC(=O)N3C)cc1. The maximum Gasteiger partial charge on any atom is 0.325 e. The van der Waals surface area contributed by atoms with Crippen LogP contribution in [0.15, 0.2) is 57.0 Å². The molecular weight excluding hydrogens is 516 g/mol. The largest absolute Gasteiger partial charge is 0.507 e. The number of halogens is 1. The molecule has 35 heavy (non-hydrogen) atoms.